The molecule has 0 aliphatic carbocycles. The molecule has 0 fully saturated rings. The van der Waals surface area contributed by atoms with E-state index in [9.17, 15) is 4.79 Å². The van der Waals surface area contributed by atoms with Crippen LogP contribution in [-0.4, -0.2) is 23.9 Å². The van der Waals surface area contributed by atoms with Crippen molar-refractivity contribution in [2.75, 3.05) is 12.4 Å². The first-order valence-electron chi connectivity index (χ1n) is 10.9. The Morgan fingerprint density at radius 3 is 2.59 bits per heavy atom. The molecule has 1 N–H and O–H groups in total. The van der Waals surface area contributed by atoms with Crippen LogP contribution in [0, 0.1) is 6.92 Å². The molecule has 4 nitrogen and oxygen atoms in total. The van der Waals surface area contributed by atoms with Crippen molar-refractivity contribution in [2.24, 2.45) is 0 Å². The predicted octanol–water partition coefficient (Wildman–Crippen LogP) is 6.20. The van der Waals surface area contributed by atoms with Gasteiger partial charge in [0, 0.05) is 28.2 Å². The standard InChI is InChI=1S/C27H29NO3S/c1-19-9-14-25-23(17-19)24(18-27(2,3)31-25)28-26(29)20-10-12-21(13-11-20)30-15-16-32-22-7-5-4-6-8-22/h4-14,17,24H,15-16,18H2,1-3H3,(H,28,29)/t24-/m1/s1. The first-order valence-corrected chi connectivity index (χ1v) is 11.9. The number of benzene rings is 3. The van der Waals surface area contributed by atoms with E-state index in [4.69, 9.17) is 9.47 Å². The van der Waals surface area contributed by atoms with E-state index >= 15 is 0 Å². The average Bonchev–Trinajstić information content (AvgIpc) is 2.78. The van der Waals surface area contributed by atoms with E-state index in [1.165, 1.54) is 4.90 Å². The van der Waals surface area contributed by atoms with Crippen molar-refractivity contribution in [2.45, 2.75) is 43.7 Å². The number of hydrogen-bond acceptors (Lipinski definition) is 4. The summed E-state index contributed by atoms with van der Waals surface area (Å²) in [4.78, 5) is 14.2. The maximum absolute atomic E-state index is 13.0. The Bertz CT molecular complexity index is 1060. The van der Waals surface area contributed by atoms with Crippen LogP contribution in [-0.2, 0) is 0 Å². The summed E-state index contributed by atoms with van der Waals surface area (Å²) < 4.78 is 11.9. The number of thioether (sulfide) groups is 1. The minimum absolute atomic E-state index is 0.0907. The molecule has 1 aliphatic rings. The fraction of sp³-hybridized carbons (Fsp3) is 0.296. The van der Waals surface area contributed by atoms with Gasteiger partial charge in [-0.1, -0.05) is 35.9 Å². The molecule has 1 heterocycles. The van der Waals surface area contributed by atoms with Gasteiger partial charge < -0.3 is 14.8 Å². The number of rotatable bonds is 7. The van der Waals surface area contributed by atoms with E-state index in [1.54, 1.807) is 11.8 Å². The molecular formula is C27H29NO3S. The lowest BCUT2D eigenvalue weighted by Crippen LogP contribution is -2.41. The molecule has 1 atom stereocenters. The molecule has 1 amide bonds. The number of hydrogen-bond donors (Lipinski definition) is 1. The van der Waals surface area contributed by atoms with Gasteiger partial charge in [0.1, 0.15) is 17.1 Å². The number of nitrogens with one attached hydrogen (secondary N) is 1. The van der Waals surface area contributed by atoms with E-state index in [0.29, 0.717) is 12.2 Å². The van der Waals surface area contributed by atoms with E-state index in [2.05, 4.69) is 44.3 Å². The van der Waals surface area contributed by atoms with Gasteiger partial charge in [-0.15, -0.1) is 11.8 Å². The maximum atomic E-state index is 13.0. The number of carbonyl (C=O) groups excluding carboxylic acids is 1. The molecule has 1 aliphatic heterocycles. The molecule has 32 heavy (non-hydrogen) atoms. The average molecular weight is 448 g/mol. The molecule has 5 heteroatoms. The summed E-state index contributed by atoms with van der Waals surface area (Å²) in [7, 11) is 0. The van der Waals surface area contributed by atoms with Gasteiger partial charge in [-0.2, -0.15) is 0 Å². The number of amides is 1. The Morgan fingerprint density at radius 1 is 1.09 bits per heavy atom. The zero-order valence-electron chi connectivity index (χ0n) is 18.8. The summed E-state index contributed by atoms with van der Waals surface area (Å²) in [6.07, 6.45) is 0.718. The Hall–Kier alpha value is -2.92. The highest BCUT2D eigenvalue weighted by Crippen LogP contribution is 2.40. The summed E-state index contributed by atoms with van der Waals surface area (Å²) >= 11 is 1.76. The minimum Gasteiger partial charge on any atom is -0.493 e. The van der Waals surface area contributed by atoms with Crippen LogP contribution in [0.5, 0.6) is 11.5 Å². The fourth-order valence-corrected chi connectivity index (χ4v) is 4.63. The SMILES string of the molecule is Cc1ccc2c(c1)[C@H](NC(=O)c1ccc(OCCSc3ccccc3)cc1)CC(C)(C)O2. The molecule has 166 valence electrons. The highest BCUT2D eigenvalue weighted by Gasteiger charge is 2.34. The molecule has 0 bridgehead atoms. The van der Waals surface area contributed by atoms with Crippen molar-refractivity contribution >= 4 is 17.7 Å². The highest BCUT2D eigenvalue weighted by atomic mass is 32.2. The van der Waals surface area contributed by atoms with Gasteiger partial charge in [0.2, 0.25) is 0 Å². The van der Waals surface area contributed by atoms with E-state index in [0.717, 1.165) is 34.8 Å². The van der Waals surface area contributed by atoms with Gasteiger partial charge in [-0.3, -0.25) is 4.79 Å². The van der Waals surface area contributed by atoms with E-state index in [1.807, 2.05) is 54.6 Å². The minimum atomic E-state index is -0.338. The first kappa shape index (κ1) is 22.3. The molecule has 0 spiro atoms. The molecule has 0 aromatic heterocycles. The Kier molecular flexibility index (Phi) is 6.75. The van der Waals surface area contributed by atoms with Crippen LogP contribution >= 0.6 is 11.8 Å². The third-order valence-corrected chi connectivity index (χ3v) is 6.38. The van der Waals surface area contributed by atoms with Crippen LogP contribution in [0.1, 0.15) is 47.8 Å². The summed E-state index contributed by atoms with van der Waals surface area (Å²) in [5.74, 6) is 2.38. The zero-order valence-corrected chi connectivity index (χ0v) is 19.6. The van der Waals surface area contributed by atoms with Gasteiger partial charge in [0.05, 0.1) is 12.6 Å². The molecular weight excluding hydrogens is 418 g/mol. The van der Waals surface area contributed by atoms with Crippen molar-refractivity contribution in [3.8, 4) is 11.5 Å². The van der Waals surface area contributed by atoms with Crippen molar-refractivity contribution < 1.29 is 14.3 Å². The van der Waals surface area contributed by atoms with Gasteiger partial charge >= 0.3 is 0 Å². The van der Waals surface area contributed by atoms with Crippen molar-refractivity contribution in [3.05, 3.63) is 89.5 Å². The molecule has 0 saturated carbocycles. The molecule has 3 aromatic rings. The van der Waals surface area contributed by atoms with Crippen LogP contribution in [0.15, 0.2) is 77.7 Å². The zero-order chi connectivity index (χ0) is 22.6. The quantitative estimate of drug-likeness (QED) is 0.346. The Labute approximate surface area is 194 Å². The normalized spacial score (nSPS) is 16.5. The Morgan fingerprint density at radius 2 is 1.84 bits per heavy atom. The summed E-state index contributed by atoms with van der Waals surface area (Å²) in [6, 6.07) is 23.7. The van der Waals surface area contributed by atoms with Crippen LogP contribution in [0.3, 0.4) is 0 Å². The largest absolute Gasteiger partial charge is 0.493 e. The summed E-state index contributed by atoms with van der Waals surface area (Å²) in [5.41, 5.74) is 2.47. The fourth-order valence-electron chi connectivity index (χ4n) is 3.88. The molecule has 3 aromatic carbocycles. The van der Waals surface area contributed by atoms with Gasteiger partial charge in [-0.05, 0) is 63.2 Å². The van der Waals surface area contributed by atoms with Crippen molar-refractivity contribution in [1.29, 1.82) is 0 Å². The number of ether oxygens (including phenoxy) is 2. The number of aryl methyl sites for hydroxylation is 1. The number of fused-ring (bicyclic) bond motifs is 1. The van der Waals surface area contributed by atoms with E-state index < -0.39 is 0 Å². The highest BCUT2D eigenvalue weighted by molar-refractivity contribution is 7.99. The second-order valence-electron chi connectivity index (χ2n) is 8.67. The third kappa shape index (κ3) is 5.65. The Balaban J connectivity index is 1.34. The van der Waals surface area contributed by atoms with Crippen LogP contribution < -0.4 is 14.8 Å². The molecule has 0 unspecified atom stereocenters. The second kappa shape index (κ2) is 9.70. The molecule has 0 radical (unpaired) electrons. The van der Waals surface area contributed by atoms with Crippen LogP contribution in [0.4, 0.5) is 0 Å². The van der Waals surface area contributed by atoms with Gasteiger partial charge in [0.15, 0.2) is 0 Å². The van der Waals surface area contributed by atoms with Crippen molar-refractivity contribution in [1.82, 2.24) is 5.32 Å². The van der Waals surface area contributed by atoms with Gasteiger partial charge in [0.25, 0.3) is 5.91 Å². The lowest BCUT2D eigenvalue weighted by atomic mass is 9.88. The predicted molar refractivity (Wildman–Crippen MR) is 130 cm³/mol. The number of carbonyl (C=O) groups is 1. The lowest BCUT2D eigenvalue weighted by Gasteiger charge is -2.38. The first-order chi connectivity index (χ1) is 15.4. The van der Waals surface area contributed by atoms with E-state index in [-0.39, 0.29) is 17.6 Å². The topological polar surface area (TPSA) is 47.6 Å². The second-order valence-corrected chi connectivity index (χ2v) is 9.84. The van der Waals surface area contributed by atoms with Crippen LogP contribution in [0.2, 0.25) is 0 Å². The lowest BCUT2D eigenvalue weighted by molar-refractivity contribution is 0.0619. The third-order valence-electron chi connectivity index (χ3n) is 5.41. The van der Waals surface area contributed by atoms with Crippen molar-refractivity contribution in [3.63, 3.8) is 0 Å². The summed E-state index contributed by atoms with van der Waals surface area (Å²) in [5, 5.41) is 3.20. The van der Waals surface area contributed by atoms with Gasteiger partial charge in [-0.25, -0.2) is 0 Å². The smallest absolute Gasteiger partial charge is 0.251 e. The maximum Gasteiger partial charge on any atom is 0.251 e. The van der Waals surface area contributed by atoms with Crippen LogP contribution in [0.25, 0.3) is 0 Å². The molecule has 4 rings (SSSR count). The molecule has 0 saturated heterocycles. The summed E-state index contributed by atoms with van der Waals surface area (Å²) in [6.45, 7) is 6.77. The monoisotopic (exact) mass is 447 g/mol.